The Labute approximate surface area is 223 Å². The standard InChI is InChI=1S/C30H30N4O3S/c1-30(2,3)21-12-15-23(16-13-21)38(36,37)34-22-14-17-25-24(19-22)27(20-9-5-4-6-10-20)28(32-25)29(35)33-26-11-7-8-18-31-26/h4-19,27-28,32,34H,1-3H3,(H,31,33,35). The van der Waals surface area contributed by atoms with Crippen molar-refractivity contribution in [2.45, 2.75) is 43.0 Å². The topological polar surface area (TPSA) is 100 Å². The van der Waals surface area contributed by atoms with Crippen LogP contribution in [0, 0.1) is 0 Å². The second kappa shape index (κ2) is 9.95. The van der Waals surface area contributed by atoms with Gasteiger partial charge in [0, 0.05) is 23.5 Å². The van der Waals surface area contributed by atoms with Crippen molar-refractivity contribution in [1.82, 2.24) is 4.98 Å². The summed E-state index contributed by atoms with van der Waals surface area (Å²) in [5.74, 6) is -0.0896. The number of hydrogen-bond donors (Lipinski definition) is 3. The van der Waals surface area contributed by atoms with Crippen LogP contribution in [-0.4, -0.2) is 25.4 Å². The summed E-state index contributed by atoms with van der Waals surface area (Å²) in [5.41, 5.74) is 3.96. The number of rotatable bonds is 6. The number of nitrogens with one attached hydrogen (secondary N) is 3. The summed E-state index contributed by atoms with van der Waals surface area (Å²) in [7, 11) is -3.80. The summed E-state index contributed by atoms with van der Waals surface area (Å²) < 4.78 is 29.1. The van der Waals surface area contributed by atoms with E-state index in [9.17, 15) is 13.2 Å². The molecule has 1 aliphatic rings. The maximum absolute atomic E-state index is 13.3. The van der Waals surface area contributed by atoms with Gasteiger partial charge in [0.05, 0.1) is 4.90 Å². The zero-order valence-corrected chi connectivity index (χ0v) is 22.3. The molecule has 8 heteroatoms. The van der Waals surface area contributed by atoms with Gasteiger partial charge in [-0.25, -0.2) is 13.4 Å². The Kier molecular flexibility index (Phi) is 6.67. The molecule has 1 amide bonds. The Morgan fingerprint density at radius 2 is 1.61 bits per heavy atom. The van der Waals surface area contributed by atoms with E-state index in [0.717, 1.165) is 22.4 Å². The van der Waals surface area contributed by atoms with Crippen molar-refractivity contribution in [2.24, 2.45) is 0 Å². The number of aromatic nitrogens is 1. The number of carbonyl (C=O) groups excluding carboxylic acids is 1. The molecule has 3 aromatic carbocycles. The van der Waals surface area contributed by atoms with Crippen molar-refractivity contribution in [2.75, 3.05) is 15.4 Å². The van der Waals surface area contributed by atoms with E-state index < -0.39 is 16.1 Å². The quantitative estimate of drug-likeness (QED) is 0.297. The Morgan fingerprint density at radius 1 is 0.895 bits per heavy atom. The maximum atomic E-state index is 13.3. The third-order valence-corrected chi connectivity index (χ3v) is 8.07. The number of carbonyl (C=O) groups is 1. The van der Waals surface area contributed by atoms with Crippen LogP contribution in [0.5, 0.6) is 0 Å². The summed E-state index contributed by atoms with van der Waals surface area (Å²) in [6.07, 6.45) is 1.62. The van der Waals surface area contributed by atoms with Crippen LogP contribution in [-0.2, 0) is 20.2 Å². The monoisotopic (exact) mass is 526 g/mol. The Hall–Kier alpha value is -4.17. The third kappa shape index (κ3) is 5.26. The Morgan fingerprint density at radius 3 is 2.26 bits per heavy atom. The first kappa shape index (κ1) is 25.5. The van der Waals surface area contributed by atoms with Crippen molar-refractivity contribution in [3.05, 3.63) is 114 Å². The minimum atomic E-state index is -3.80. The van der Waals surface area contributed by atoms with Crippen LogP contribution in [0.3, 0.4) is 0 Å². The molecular weight excluding hydrogens is 496 g/mol. The average Bonchev–Trinajstić information content (AvgIpc) is 3.28. The highest BCUT2D eigenvalue weighted by Crippen LogP contribution is 2.42. The van der Waals surface area contributed by atoms with E-state index in [-0.39, 0.29) is 22.1 Å². The lowest BCUT2D eigenvalue weighted by Crippen LogP contribution is -2.36. The van der Waals surface area contributed by atoms with E-state index in [4.69, 9.17) is 0 Å². The highest BCUT2D eigenvalue weighted by molar-refractivity contribution is 7.92. The molecule has 1 aromatic heterocycles. The summed E-state index contributed by atoms with van der Waals surface area (Å²) in [5, 5.41) is 6.21. The molecule has 2 unspecified atom stereocenters. The van der Waals surface area contributed by atoms with Crippen molar-refractivity contribution in [3.63, 3.8) is 0 Å². The molecular formula is C30H30N4O3S. The second-order valence-corrected chi connectivity index (χ2v) is 12.1. The van der Waals surface area contributed by atoms with Gasteiger partial charge < -0.3 is 10.6 Å². The molecule has 0 saturated heterocycles. The lowest BCUT2D eigenvalue weighted by molar-refractivity contribution is -0.117. The van der Waals surface area contributed by atoms with Crippen molar-refractivity contribution >= 4 is 33.1 Å². The summed E-state index contributed by atoms with van der Waals surface area (Å²) >= 11 is 0. The SMILES string of the molecule is CC(C)(C)c1ccc(S(=O)(=O)Nc2ccc3c(c2)C(c2ccccc2)C(C(=O)Nc2ccccn2)N3)cc1. The van der Waals surface area contributed by atoms with Crippen LogP contribution in [0.25, 0.3) is 0 Å². The fourth-order valence-corrected chi connectivity index (χ4v) is 5.73. The molecule has 194 valence electrons. The molecule has 5 rings (SSSR count). The van der Waals surface area contributed by atoms with E-state index in [2.05, 4.69) is 41.1 Å². The second-order valence-electron chi connectivity index (χ2n) is 10.4. The summed E-state index contributed by atoms with van der Waals surface area (Å²) in [6.45, 7) is 6.25. The molecule has 0 fully saturated rings. The van der Waals surface area contributed by atoms with Gasteiger partial charge in [-0.3, -0.25) is 9.52 Å². The molecule has 2 atom stereocenters. The first-order chi connectivity index (χ1) is 18.1. The number of sulfonamides is 1. The number of amides is 1. The van der Waals surface area contributed by atoms with Gasteiger partial charge in [0.2, 0.25) is 5.91 Å². The summed E-state index contributed by atoms with van der Waals surface area (Å²) in [4.78, 5) is 17.7. The van der Waals surface area contributed by atoms with Crippen LogP contribution in [0.15, 0.2) is 102 Å². The molecule has 38 heavy (non-hydrogen) atoms. The van der Waals surface area contributed by atoms with Gasteiger partial charge in [0.1, 0.15) is 11.9 Å². The van der Waals surface area contributed by atoms with E-state index in [1.54, 1.807) is 48.7 Å². The van der Waals surface area contributed by atoms with E-state index in [1.165, 1.54) is 0 Å². The van der Waals surface area contributed by atoms with Gasteiger partial charge in [-0.2, -0.15) is 0 Å². The average molecular weight is 527 g/mol. The van der Waals surface area contributed by atoms with Gasteiger partial charge in [0.25, 0.3) is 10.0 Å². The molecule has 1 aliphatic heterocycles. The smallest absolute Gasteiger partial charge is 0.261 e. The zero-order valence-electron chi connectivity index (χ0n) is 21.5. The highest BCUT2D eigenvalue weighted by Gasteiger charge is 2.38. The largest absolute Gasteiger partial charge is 0.373 e. The van der Waals surface area contributed by atoms with Crippen molar-refractivity contribution in [1.29, 1.82) is 0 Å². The lowest BCUT2D eigenvalue weighted by atomic mass is 9.87. The molecule has 0 aliphatic carbocycles. The van der Waals surface area contributed by atoms with Gasteiger partial charge in [-0.15, -0.1) is 0 Å². The molecule has 3 N–H and O–H groups in total. The van der Waals surface area contributed by atoms with Crippen LogP contribution in [0.4, 0.5) is 17.2 Å². The molecule has 0 bridgehead atoms. The molecule has 0 radical (unpaired) electrons. The predicted octanol–water partition coefficient (Wildman–Crippen LogP) is 5.74. The molecule has 2 heterocycles. The van der Waals surface area contributed by atoms with Crippen molar-refractivity contribution < 1.29 is 13.2 Å². The molecule has 4 aromatic rings. The number of fused-ring (bicyclic) bond motifs is 1. The van der Waals surface area contributed by atoms with Crippen LogP contribution >= 0.6 is 0 Å². The Bertz CT molecular complexity index is 1550. The first-order valence-electron chi connectivity index (χ1n) is 12.4. The Balaban J connectivity index is 1.45. The van der Waals surface area contributed by atoms with Gasteiger partial charge in [-0.05, 0) is 64.6 Å². The van der Waals surface area contributed by atoms with Gasteiger partial charge in [0.15, 0.2) is 0 Å². The van der Waals surface area contributed by atoms with Gasteiger partial charge >= 0.3 is 0 Å². The van der Waals surface area contributed by atoms with Crippen LogP contribution in [0.2, 0.25) is 0 Å². The number of anilines is 3. The van der Waals surface area contributed by atoms with E-state index in [0.29, 0.717) is 11.5 Å². The fourth-order valence-electron chi connectivity index (χ4n) is 4.68. The predicted molar refractivity (Wildman–Crippen MR) is 151 cm³/mol. The van der Waals surface area contributed by atoms with Gasteiger partial charge in [-0.1, -0.05) is 69.3 Å². The summed E-state index contributed by atoms with van der Waals surface area (Å²) in [6, 6.07) is 26.7. The molecule has 0 spiro atoms. The first-order valence-corrected chi connectivity index (χ1v) is 13.9. The minimum Gasteiger partial charge on any atom is -0.373 e. The number of benzene rings is 3. The zero-order chi connectivity index (χ0) is 26.9. The lowest BCUT2D eigenvalue weighted by Gasteiger charge is -2.20. The van der Waals surface area contributed by atoms with Crippen LogP contribution < -0.4 is 15.4 Å². The number of nitrogens with zero attached hydrogens (tertiary/aromatic N) is 1. The van der Waals surface area contributed by atoms with Crippen LogP contribution in [0.1, 0.15) is 43.4 Å². The minimum absolute atomic E-state index is 0.0748. The number of hydrogen-bond acceptors (Lipinski definition) is 5. The molecule has 7 nitrogen and oxygen atoms in total. The number of pyridine rings is 1. The third-order valence-electron chi connectivity index (χ3n) is 6.67. The normalized spacial score (nSPS) is 16.8. The van der Waals surface area contributed by atoms with Crippen molar-refractivity contribution in [3.8, 4) is 0 Å². The highest BCUT2D eigenvalue weighted by atomic mass is 32.2. The maximum Gasteiger partial charge on any atom is 0.261 e. The molecule has 0 saturated carbocycles. The fraction of sp³-hybridized carbons (Fsp3) is 0.200. The van der Waals surface area contributed by atoms with E-state index >= 15 is 0 Å². The van der Waals surface area contributed by atoms with E-state index in [1.807, 2.05) is 48.5 Å².